The van der Waals surface area contributed by atoms with E-state index in [9.17, 15) is 22.8 Å². The fraction of sp³-hybridized carbons (Fsp3) is 0.176. The van der Waals surface area contributed by atoms with Crippen molar-refractivity contribution in [1.82, 2.24) is 5.32 Å². The molecule has 0 saturated carbocycles. The first-order valence-corrected chi connectivity index (χ1v) is 8.01. The Kier molecular flexibility index (Phi) is 6.19. The summed E-state index contributed by atoms with van der Waals surface area (Å²) in [5.41, 5.74) is 1.72. The number of carbonyl (C=O) groups excluding carboxylic acids is 2. The molecule has 0 aromatic heterocycles. The molecule has 0 saturated heterocycles. The zero-order valence-electron chi connectivity index (χ0n) is 12.9. The molecule has 0 aliphatic heterocycles. The number of halogens is 4. The highest BCUT2D eigenvalue weighted by molar-refractivity contribution is 9.10. The lowest BCUT2D eigenvalue weighted by Gasteiger charge is -2.10. The molecular formula is C17H14BrF3N2O2. The molecule has 0 bridgehead atoms. The van der Waals surface area contributed by atoms with Gasteiger partial charge < -0.3 is 10.6 Å². The lowest BCUT2D eigenvalue weighted by molar-refractivity contribution is -0.173. The summed E-state index contributed by atoms with van der Waals surface area (Å²) >= 11 is 3.31. The second kappa shape index (κ2) is 8.15. The van der Waals surface area contributed by atoms with Gasteiger partial charge in [0.25, 0.3) is 0 Å². The third-order valence-corrected chi connectivity index (χ3v) is 3.73. The van der Waals surface area contributed by atoms with E-state index in [2.05, 4.69) is 21.2 Å². The van der Waals surface area contributed by atoms with Crippen LogP contribution < -0.4 is 10.6 Å². The Balaban J connectivity index is 1.93. The Morgan fingerprint density at radius 1 is 1.00 bits per heavy atom. The molecule has 0 fully saturated rings. The van der Waals surface area contributed by atoms with E-state index in [0.717, 1.165) is 10.0 Å². The molecule has 0 unspecified atom stereocenters. The zero-order chi connectivity index (χ0) is 18.4. The number of hydrogen-bond donors (Lipinski definition) is 2. The number of anilines is 1. The van der Waals surface area contributed by atoms with Crippen molar-refractivity contribution >= 4 is 33.4 Å². The van der Waals surface area contributed by atoms with Crippen LogP contribution in [-0.2, 0) is 22.6 Å². The van der Waals surface area contributed by atoms with Crippen LogP contribution in [0.15, 0.2) is 53.0 Å². The van der Waals surface area contributed by atoms with Gasteiger partial charge in [-0.15, -0.1) is 0 Å². The van der Waals surface area contributed by atoms with E-state index < -0.39 is 12.1 Å². The predicted octanol–water partition coefficient (Wildman–Crippen LogP) is 3.81. The lowest BCUT2D eigenvalue weighted by Crippen LogP contribution is -2.36. The molecule has 2 N–H and O–H groups in total. The number of alkyl halides is 3. The van der Waals surface area contributed by atoms with Gasteiger partial charge in [-0.05, 0) is 35.4 Å². The normalized spacial score (nSPS) is 11.0. The number of carbonyl (C=O) groups is 2. The summed E-state index contributed by atoms with van der Waals surface area (Å²) in [7, 11) is 0. The van der Waals surface area contributed by atoms with Crippen LogP contribution in [0.1, 0.15) is 11.1 Å². The smallest absolute Gasteiger partial charge is 0.344 e. The van der Waals surface area contributed by atoms with E-state index in [4.69, 9.17) is 0 Å². The fourth-order valence-electron chi connectivity index (χ4n) is 2.03. The standard InChI is InChI=1S/C17H14BrF3N2O2/c18-13-6-4-11(5-7-13)9-15(24)23-14-3-1-2-12(8-14)10-22-16(25)17(19,20)21/h1-8H,9-10H2,(H,22,25)(H,23,24). The Morgan fingerprint density at radius 3 is 2.32 bits per heavy atom. The van der Waals surface area contributed by atoms with Crippen LogP contribution in [-0.4, -0.2) is 18.0 Å². The van der Waals surface area contributed by atoms with Crippen molar-refractivity contribution in [3.05, 3.63) is 64.1 Å². The maximum atomic E-state index is 12.2. The van der Waals surface area contributed by atoms with Crippen LogP contribution in [0.2, 0.25) is 0 Å². The molecule has 0 aliphatic rings. The predicted molar refractivity (Wildman–Crippen MR) is 90.8 cm³/mol. The molecule has 4 nitrogen and oxygen atoms in total. The number of nitrogens with one attached hydrogen (secondary N) is 2. The first-order chi connectivity index (χ1) is 11.7. The van der Waals surface area contributed by atoms with Crippen LogP contribution in [0.4, 0.5) is 18.9 Å². The van der Waals surface area contributed by atoms with Crippen molar-refractivity contribution in [2.24, 2.45) is 0 Å². The molecule has 8 heteroatoms. The number of benzene rings is 2. The second-order valence-corrected chi connectivity index (χ2v) is 6.15. The molecule has 0 aliphatic carbocycles. The van der Waals surface area contributed by atoms with E-state index >= 15 is 0 Å². The summed E-state index contributed by atoms with van der Waals surface area (Å²) in [6.07, 6.45) is -4.75. The van der Waals surface area contributed by atoms with E-state index in [1.54, 1.807) is 23.5 Å². The van der Waals surface area contributed by atoms with Crippen LogP contribution in [0, 0.1) is 0 Å². The highest BCUT2D eigenvalue weighted by Gasteiger charge is 2.38. The van der Waals surface area contributed by atoms with Gasteiger partial charge >= 0.3 is 12.1 Å². The molecule has 132 valence electrons. The van der Waals surface area contributed by atoms with Crippen molar-refractivity contribution < 1.29 is 22.8 Å². The molecule has 2 aromatic carbocycles. The zero-order valence-corrected chi connectivity index (χ0v) is 14.4. The van der Waals surface area contributed by atoms with Gasteiger partial charge in [-0.3, -0.25) is 9.59 Å². The van der Waals surface area contributed by atoms with Gasteiger partial charge in [-0.1, -0.05) is 40.2 Å². The molecule has 2 rings (SSSR count). The van der Waals surface area contributed by atoms with Crippen LogP contribution in [0.25, 0.3) is 0 Å². The fourth-order valence-corrected chi connectivity index (χ4v) is 2.30. The average molecular weight is 415 g/mol. The largest absolute Gasteiger partial charge is 0.471 e. The van der Waals surface area contributed by atoms with Gasteiger partial charge in [0.2, 0.25) is 5.91 Å². The van der Waals surface area contributed by atoms with E-state index in [0.29, 0.717) is 11.3 Å². The topological polar surface area (TPSA) is 58.2 Å². The van der Waals surface area contributed by atoms with Crippen molar-refractivity contribution in [3.8, 4) is 0 Å². The molecular weight excluding hydrogens is 401 g/mol. The first kappa shape index (κ1) is 19.0. The van der Waals surface area contributed by atoms with Gasteiger partial charge in [-0.2, -0.15) is 13.2 Å². The maximum Gasteiger partial charge on any atom is 0.471 e. The quantitative estimate of drug-likeness (QED) is 0.781. The first-order valence-electron chi connectivity index (χ1n) is 7.22. The Labute approximate surface area is 150 Å². The molecule has 0 spiro atoms. The van der Waals surface area contributed by atoms with Crippen molar-refractivity contribution in [2.75, 3.05) is 5.32 Å². The van der Waals surface area contributed by atoms with E-state index in [-0.39, 0.29) is 18.9 Å². The van der Waals surface area contributed by atoms with Crippen LogP contribution in [0.5, 0.6) is 0 Å². The van der Waals surface area contributed by atoms with E-state index in [1.807, 2.05) is 24.3 Å². The van der Waals surface area contributed by atoms with Crippen LogP contribution >= 0.6 is 15.9 Å². The molecule has 0 radical (unpaired) electrons. The minimum absolute atomic E-state index is 0.169. The third-order valence-electron chi connectivity index (χ3n) is 3.20. The number of amides is 2. The average Bonchev–Trinajstić information content (AvgIpc) is 2.54. The third kappa shape index (κ3) is 6.22. The number of rotatable bonds is 5. The summed E-state index contributed by atoms with van der Waals surface area (Å²) in [6.45, 7) is -0.283. The van der Waals surface area contributed by atoms with Crippen molar-refractivity contribution in [3.63, 3.8) is 0 Å². The SMILES string of the molecule is O=C(Cc1ccc(Br)cc1)Nc1cccc(CNC(=O)C(F)(F)F)c1. The molecule has 25 heavy (non-hydrogen) atoms. The van der Waals surface area contributed by atoms with Gasteiger partial charge in [-0.25, -0.2) is 0 Å². The highest BCUT2D eigenvalue weighted by Crippen LogP contribution is 2.16. The molecule has 0 atom stereocenters. The Bertz CT molecular complexity index is 761. The summed E-state index contributed by atoms with van der Waals surface area (Å²) in [4.78, 5) is 22.9. The number of hydrogen-bond acceptors (Lipinski definition) is 2. The molecule has 2 amide bonds. The van der Waals surface area contributed by atoms with Gasteiger partial charge in [0.15, 0.2) is 0 Å². The second-order valence-electron chi connectivity index (χ2n) is 5.23. The Morgan fingerprint density at radius 2 is 1.68 bits per heavy atom. The minimum atomic E-state index is -4.92. The maximum absolute atomic E-state index is 12.2. The highest BCUT2D eigenvalue weighted by atomic mass is 79.9. The minimum Gasteiger partial charge on any atom is -0.344 e. The Hall–Kier alpha value is -2.35. The molecule has 0 heterocycles. The lowest BCUT2D eigenvalue weighted by atomic mass is 10.1. The van der Waals surface area contributed by atoms with Gasteiger partial charge in [0.05, 0.1) is 6.42 Å². The van der Waals surface area contributed by atoms with Crippen molar-refractivity contribution in [2.45, 2.75) is 19.1 Å². The van der Waals surface area contributed by atoms with Crippen molar-refractivity contribution in [1.29, 1.82) is 0 Å². The summed E-state index contributed by atoms with van der Waals surface area (Å²) < 4.78 is 37.4. The summed E-state index contributed by atoms with van der Waals surface area (Å²) in [5.74, 6) is -2.25. The summed E-state index contributed by atoms with van der Waals surface area (Å²) in [5, 5.41) is 4.46. The van der Waals surface area contributed by atoms with Gasteiger partial charge in [0.1, 0.15) is 0 Å². The van der Waals surface area contributed by atoms with E-state index in [1.165, 1.54) is 6.07 Å². The monoisotopic (exact) mass is 414 g/mol. The van der Waals surface area contributed by atoms with Crippen LogP contribution in [0.3, 0.4) is 0 Å². The molecule has 2 aromatic rings. The van der Waals surface area contributed by atoms with Gasteiger partial charge in [0, 0.05) is 16.7 Å². The summed E-state index contributed by atoms with van der Waals surface area (Å²) in [6, 6.07) is 13.6.